The number of hydrogen-bond acceptors (Lipinski definition) is 4. The first-order chi connectivity index (χ1) is 13.2. The second-order valence-electron chi connectivity index (χ2n) is 7.50. The van der Waals surface area contributed by atoms with Gasteiger partial charge in [-0.2, -0.15) is 0 Å². The Balaban J connectivity index is 1.40. The Morgan fingerprint density at radius 1 is 1.00 bits per heavy atom. The van der Waals surface area contributed by atoms with E-state index in [9.17, 15) is 0 Å². The van der Waals surface area contributed by atoms with Gasteiger partial charge >= 0.3 is 0 Å². The first-order valence-corrected chi connectivity index (χ1v) is 9.99. The van der Waals surface area contributed by atoms with Gasteiger partial charge in [-0.3, -0.25) is 0 Å². The number of hydrogen-bond donors (Lipinski definition) is 1. The van der Waals surface area contributed by atoms with E-state index in [0.29, 0.717) is 12.5 Å². The predicted octanol–water partition coefficient (Wildman–Crippen LogP) is 5.28. The van der Waals surface area contributed by atoms with Gasteiger partial charge < -0.3 is 19.5 Å². The molecule has 1 unspecified atom stereocenters. The van der Waals surface area contributed by atoms with Gasteiger partial charge in [-0.1, -0.05) is 26.0 Å². The van der Waals surface area contributed by atoms with Crippen molar-refractivity contribution in [2.45, 2.75) is 45.8 Å². The summed E-state index contributed by atoms with van der Waals surface area (Å²) in [6.07, 6.45) is 3.57. The summed E-state index contributed by atoms with van der Waals surface area (Å²) in [6, 6.07) is 16.4. The van der Waals surface area contributed by atoms with Crippen LogP contribution in [0.15, 0.2) is 48.5 Å². The van der Waals surface area contributed by atoms with Crippen molar-refractivity contribution in [2.24, 2.45) is 5.92 Å². The number of nitrogens with one attached hydrogen (secondary N) is 1. The zero-order valence-electron chi connectivity index (χ0n) is 16.4. The van der Waals surface area contributed by atoms with Gasteiger partial charge in [-0.05, 0) is 67.1 Å². The minimum atomic E-state index is 0.253. The van der Waals surface area contributed by atoms with E-state index in [1.54, 1.807) is 0 Å². The van der Waals surface area contributed by atoms with Crippen molar-refractivity contribution in [3.63, 3.8) is 0 Å². The van der Waals surface area contributed by atoms with Gasteiger partial charge in [0, 0.05) is 18.8 Å². The maximum atomic E-state index is 5.81. The SMILES string of the molecule is CC(C)CCOc1ccc(NCc2ccc(OCC3CCCO3)cc2)cc1. The van der Waals surface area contributed by atoms with E-state index in [4.69, 9.17) is 14.2 Å². The summed E-state index contributed by atoms with van der Waals surface area (Å²) >= 11 is 0. The van der Waals surface area contributed by atoms with Crippen LogP contribution in [0.4, 0.5) is 5.69 Å². The van der Waals surface area contributed by atoms with Crippen molar-refractivity contribution < 1.29 is 14.2 Å². The second-order valence-corrected chi connectivity index (χ2v) is 7.50. The van der Waals surface area contributed by atoms with E-state index in [1.807, 2.05) is 24.3 Å². The molecule has 4 heteroatoms. The van der Waals surface area contributed by atoms with E-state index in [2.05, 4.69) is 43.4 Å². The summed E-state index contributed by atoms with van der Waals surface area (Å²) in [5.41, 5.74) is 2.31. The summed E-state index contributed by atoms with van der Waals surface area (Å²) < 4.78 is 17.1. The Kier molecular flexibility index (Phi) is 7.40. The van der Waals surface area contributed by atoms with Crippen LogP contribution in [0.5, 0.6) is 11.5 Å². The highest BCUT2D eigenvalue weighted by Crippen LogP contribution is 2.19. The fraction of sp³-hybridized carbons (Fsp3) is 0.478. The van der Waals surface area contributed by atoms with Crippen LogP contribution < -0.4 is 14.8 Å². The Bertz CT molecular complexity index is 661. The van der Waals surface area contributed by atoms with Crippen molar-refractivity contribution in [1.82, 2.24) is 0 Å². The van der Waals surface area contributed by atoms with Gasteiger partial charge in [0.05, 0.1) is 12.7 Å². The van der Waals surface area contributed by atoms with Crippen LogP contribution in [0.25, 0.3) is 0 Å². The molecule has 1 saturated heterocycles. The third-order valence-electron chi connectivity index (χ3n) is 4.70. The van der Waals surface area contributed by atoms with Crippen molar-refractivity contribution in [3.8, 4) is 11.5 Å². The maximum Gasteiger partial charge on any atom is 0.119 e. The van der Waals surface area contributed by atoms with Gasteiger partial charge in [0.1, 0.15) is 18.1 Å². The number of ether oxygens (including phenoxy) is 3. The largest absolute Gasteiger partial charge is 0.494 e. The van der Waals surface area contributed by atoms with Crippen molar-refractivity contribution >= 4 is 5.69 Å². The van der Waals surface area contributed by atoms with Gasteiger partial charge in [0.25, 0.3) is 0 Å². The monoisotopic (exact) mass is 369 g/mol. The molecule has 27 heavy (non-hydrogen) atoms. The molecule has 0 spiro atoms. The summed E-state index contributed by atoms with van der Waals surface area (Å²) in [4.78, 5) is 0. The molecule has 1 fully saturated rings. The van der Waals surface area contributed by atoms with Crippen LogP contribution in [-0.4, -0.2) is 25.9 Å². The van der Waals surface area contributed by atoms with E-state index in [-0.39, 0.29) is 6.10 Å². The molecule has 0 saturated carbocycles. The molecule has 0 bridgehead atoms. The second kappa shape index (κ2) is 10.2. The highest BCUT2D eigenvalue weighted by atomic mass is 16.5. The molecule has 0 radical (unpaired) electrons. The average molecular weight is 370 g/mol. The summed E-state index contributed by atoms with van der Waals surface area (Å²) in [5.74, 6) is 2.49. The molecule has 146 valence electrons. The molecular weight excluding hydrogens is 338 g/mol. The molecule has 0 aromatic heterocycles. The Morgan fingerprint density at radius 3 is 2.37 bits per heavy atom. The molecular formula is C23H31NO3. The molecule has 1 aliphatic heterocycles. The van der Waals surface area contributed by atoms with Crippen LogP contribution in [0, 0.1) is 5.92 Å². The van der Waals surface area contributed by atoms with Crippen molar-refractivity contribution in [3.05, 3.63) is 54.1 Å². The average Bonchev–Trinajstić information content (AvgIpc) is 3.20. The van der Waals surface area contributed by atoms with Gasteiger partial charge in [-0.25, -0.2) is 0 Å². The lowest BCUT2D eigenvalue weighted by Crippen LogP contribution is -2.16. The molecule has 2 aromatic rings. The molecule has 2 aromatic carbocycles. The molecule has 4 nitrogen and oxygen atoms in total. The highest BCUT2D eigenvalue weighted by molar-refractivity contribution is 5.47. The van der Waals surface area contributed by atoms with Gasteiger partial charge in [-0.15, -0.1) is 0 Å². The highest BCUT2D eigenvalue weighted by Gasteiger charge is 2.15. The van der Waals surface area contributed by atoms with Crippen LogP contribution in [0.2, 0.25) is 0 Å². The van der Waals surface area contributed by atoms with E-state index < -0.39 is 0 Å². The molecule has 1 N–H and O–H groups in total. The lowest BCUT2D eigenvalue weighted by molar-refractivity contribution is 0.0679. The van der Waals surface area contributed by atoms with E-state index >= 15 is 0 Å². The van der Waals surface area contributed by atoms with Gasteiger partial charge in [0.2, 0.25) is 0 Å². The molecule has 1 atom stereocenters. The topological polar surface area (TPSA) is 39.7 Å². The number of rotatable bonds is 10. The van der Waals surface area contributed by atoms with Crippen LogP contribution >= 0.6 is 0 Å². The minimum absolute atomic E-state index is 0.253. The zero-order valence-corrected chi connectivity index (χ0v) is 16.4. The number of benzene rings is 2. The summed E-state index contributed by atoms with van der Waals surface area (Å²) in [5, 5.41) is 3.44. The zero-order chi connectivity index (χ0) is 18.9. The fourth-order valence-electron chi connectivity index (χ4n) is 2.95. The fourth-order valence-corrected chi connectivity index (χ4v) is 2.95. The summed E-state index contributed by atoms with van der Waals surface area (Å²) in [7, 11) is 0. The van der Waals surface area contributed by atoms with E-state index in [0.717, 1.165) is 56.2 Å². The van der Waals surface area contributed by atoms with Crippen molar-refractivity contribution in [1.29, 1.82) is 0 Å². The first kappa shape index (κ1) is 19.6. The molecule has 0 aliphatic carbocycles. The predicted molar refractivity (Wildman–Crippen MR) is 110 cm³/mol. The Hall–Kier alpha value is -2.20. The Labute approximate surface area is 162 Å². The first-order valence-electron chi connectivity index (χ1n) is 9.99. The molecule has 1 heterocycles. The smallest absolute Gasteiger partial charge is 0.119 e. The van der Waals surface area contributed by atoms with E-state index in [1.165, 1.54) is 5.56 Å². The number of anilines is 1. The van der Waals surface area contributed by atoms with Crippen molar-refractivity contribution in [2.75, 3.05) is 25.1 Å². The minimum Gasteiger partial charge on any atom is -0.494 e. The van der Waals surface area contributed by atoms with Gasteiger partial charge in [0.15, 0.2) is 0 Å². The lowest BCUT2D eigenvalue weighted by atomic mass is 10.1. The quantitative estimate of drug-likeness (QED) is 0.618. The third kappa shape index (κ3) is 6.79. The molecule has 3 rings (SSSR count). The van der Waals surface area contributed by atoms with Crippen LogP contribution in [0.3, 0.4) is 0 Å². The molecule has 1 aliphatic rings. The third-order valence-corrected chi connectivity index (χ3v) is 4.70. The normalized spacial score (nSPS) is 16.5. The van der Waals surface area contributed by atoms with Crippen LogP contribution in [-0.2, 0) is 11.3 Å². The lowest BCUT2D eigenvalue weighted by Gasteiger charge is -2.12. The maximum absolute atomic E-state index is 5.81. The summed E-state index contributed by atoms with van der Waals surface area (Å²) in [6.45, 7) is 7.47. The Morgan fingerprint density at radius 2 is 1.70 bits per heavy atom. The molecule has 0 amide bonds. The standard InChI is InChI=1S/C23H31NO3/c1-18(2)13-15-26-21-11-7-20(8-12-21)24-16-19-5-9-22(10-6-19)27-17-23-4-3-14-25-23/h5-12,18,23-24H,3-4,13-17H2,1-2H3. The van der Waals surface area contributed by atoms with Crippen LogP contribution in [0.1, 0.15) is 38.7 Å².